The predicted octanol–water partition coefficient (Wildman–Crippen LogP) is 2.72. The molecule has 0 bridgehead atoms. The minimum absolute atomic E-state index is 0.374. The Kier molecular flexibility index (Phi) is 6.81. The number of pyridine rings is 1. The average molecular weight is 350 g/mol. The van der Waals surface area contributed by atoms with Gasteiger partial charge in [0.2, 0.25) is 0 Å². The number of aromatic nitrogens is 1. The molecule has 2 aliphatic rings. The highest BCUT2D eigenvalue weighted by molar-refractivity contribution is 7.85. The zero-order valence-corrected chi connectivity index (χ0v) is 15.6. The van der Waals surface area contributed by atoms with Crippen LogP contribution < -0.4 is 5.32 Å². The van der Waals surface area contributed by atoms with E-state index in [4.69, 9.17) is 0 Å². The Morgan fingerprint density at radius 3 is 2.58 bits per heavy atom. The fourth-order valence-corrected chi connectivity index (χ4v) is 5.56. The second kappa shape index (κ2) is 9.07. The quantitative estimate of drug-likeness (QED) is 0.858. The van der Waals surface area contributed by atoms with Crippen LogP contribution in [0.1, 0.15) is 51.0 Å². The summed E-state index contributed by atoms with van der Waals surface area (Å²) in [4.78, 5) is 6.63. The monoisotopic (exact) mass is 349 g/mol. The van der Waals surface area contributed by atoms with Crippen molar-refractivity contribution in [2.75, 3.05) is 18.8 Å². The van der Waals surface area contributed by atoms with Crippen molar-refractivity contribution in [1.29, 1.82) is 0 Å². The fraction of sp³-hybridized carbons (Fsp3) is 0.737. The van der Waals surface area contributed by atoms with Crippen molar-refractivity contribution >= 4 is 10.8 Å². The van der Waals surface area contributed by atoms with E-state index < -0.39 is 10.8 Å². The third kappa shape index (κ3) is 4.87. The van der Waals surface area contributed by atoms with E-state index >= 15 is 0 Å². The molecule has 0 spiro atoms. The maximum absolute atomic E-state index is 12.3. The van der Waals surface area contributed by atoms with Crippen LogP contribution >= 0.6 is 0 Å². The molecule has 0 radical (unpaired) electrons. The molecule has 1 aliphatic heterocycles. The first-order chi connectivity index (χ1) is 11.8. The molecular weight excluding hydrogens is 318 g/mol. The highest BCUT2D eigenvalue weighted by Gasteiger charge is 2.31. The van der Waals surface area contributed by atoms with E-state index in [1.54, 1.807) is 0 Å². The number of likely N-dealkylation sites (tertiary alicyclic amines) is 1. The van der Waals surface area contributed by atoms with Gasteiger partial charge >= 0.3 is 0 Å². The van der Waals surface area contributed by atoms with Crippen molar-refractivity contribution in [3.05, 3.63) is 30.1 Å². The topological polar surface area (TPSA) is 45.2 Å². The lowest BCUT2D eigenvalue weighted by atomic mass is 9.93. The molecule has 2 fully saturated rings. The van der Waals surface area contributed by atoms with Gasteiger partial charge in [0, 0.05) is 47.6 Å². The van der Waals surface area contributed by atoms with Gasteiger partial charge in [-0.05, 0) is 56.5 Å². The van der Waals surface area contributed by atoms with Crippen molar-refractivity contribution in [3.8, 4) is 0 Å². The number of rotatable bonds is 6. The van der Waals surface area contributed by atoms with Gasteiger partial charge in [-0.3, -0.25) is 14.1 Å². The van der Waals surface area contributed by atoms with E-state index in [-0.39, 0.29) is 0 Å². The third-order valence-electron chi connectivity index (χ3n) is 5.52. The first-order valence-corrected chi connectivity index (χ1v) is 10.9. The first-order valence-electron chi connectivity index (χ1n) is 9.50. The number of nitrogens with one attached hydrogen (secondary N) is 1. The van der Waals surface area contributed by atoms with Crippen LogP contribution in [0.4, 0.5) is 0 Å². The molecule has 1 aromatic heterocycles. The van der Waals surface area contributed by atoms with Crippen LogP contribution in [0.25, 0.3) is 0 Å². The minimum Gasteiger partial charge on any atom is -0.310 e. The van der Waals surface area contributed by atoms with Crippen molar-refractivity contribution in [3.63, 3.8) is 0 Å². The molecule has 0 amide bonds. The summed E-state index contributed by atoms with van der Waals surface area (Å²) in [6.45, 7) is 5.38. The molecule has 0 unspecified atom stereocenters. The van der Waals surface area contributed by atoms with Crippen LogP contribution in [0, 0.1) is 0 Å². The zero-order valence-electron chi connectivity index (χ0n) is 14.8. The Hall–Kier alpha value is -0.780. The standard InChI is InChI=1S/C19H31N3OS/c1-2-24(23)19-6-4-3-5-18(19)21-17-9-13-22(14-10-17)15-16-7-11-20-12-8-16/h7-8,11-12,17-19,21H,2-6,9-10,13-15H2,1H3/t18-,19+,24+/m1/s1. The van der Waals surface area contributed by atoms with E-state index in [1.165, 1.54) is 37.7 Å². The molecule has 1 saturated heterocycles. The van der Waals surface area contributed by atoms with Crippen molar-refractivity contribution in [2.24, 2.45) is 0 Å². The SMILES string of the molecule is CC[S@](=O)[C@H]1CCCC[C@H]1NC1CCN(Cc2ccncc2)CC1. The number of hydrogen-bond donors (Lipinski definition) is 1. The Labute approximate surface area is 148 Å². The Morgan fingerprint density at radius 1 is 1.17 bits per heavy atom. The summed E-state index contributed by atoms with van der Waals surface area (Å²) in [6, 6.07) is 5.28. The average Bonchev–Trinajstić information content (AvgIpc) is 2.64. The minimum atomic E-state index is -0.660. The van der Waals surface area contributed by atoms with E-state index in [2.05, 4.69) is 34.3 Å². The Balaban J connectivity index is 1.47. The van der Waals surface area contributed by atoms with Gasteiger partial charge in [-0.15, -0.1) is 0 Å². The summed E-state index contributed by atoms with van der Waals surface area (Å²) in [5.74, 6) is 0.799. The normalized spacial score (nSPS) is 27.9. The predicted molar refractivity (Wildman–Crippen MR) is 100 cm³/mol. The summed E-state index contributed by atoms with van der Waals surface area (Å²) < 4.78 is 12.3. The lowest BCUT2D eigenvalue weighted by Crippen LogP contribution is -2.52. The maximum Gasteiger partial charge on any atom is 0.0501 e. The lowest BCUT2D eigenvalue weighted by molar-refractivity contribution is 0.178. The molecule has 4 nitrogen and oxygen atoms in total. The van der Waals surface area contributed by atoms with Crippen LogP contribution in [0.3, 0.4) is 0 Å². The van der Waals surface area contributed by atoms with Gasteiger partial charge in [0.15, 0.2) is 0 Å². The summed E-state index contributed by atoms with van der Waals surface area (Å²) in [5.41, 5.74) is 1.35. The summed E-state index contributed by atoms with van der Waals surface area (Å²) in [5, 5.41) is 4.25. The van der Waals surface area contributed by atoms with E-state index in [0.29, 0.717) is 17.3 Å². The van der Waals surface area contributed by atoms with Crippen LogP contribution in [-0.2, 0) is 17.3 Å². The van der Waals surface area contributed by atoms with Crippen LogP contribution in [0.2, 0.25) is 0 Å². The fourth-order valence-electron chi connectivity index (χ4n) is 4.12. The molecule has 3 atom stereocenters. The molecule has 1 N–H and O–H groups in total. The molecule has 1 saturated carbocycles. The highest BCUT2D eigenvalue weighted by Crippen LogP contribution is 2.25. The molecule has 134 valence electrons. The van der Waals surface area contributed by atoms with Crippen LogP contribution in [-0.4, -0.2) is 50.3 Å². The second-order valence-electron chi connectivity index (χ2n) is 7.17. The zero-order chi connectivity index (χ0) is 16.8. The van der Waals surface area contributed by atoms with E-state index in [1.807, 2.05) is 12.4 Å². The van der Waals surface area contributed by atoms with Gasteiger partial charge < -0.3 is 5.32 Å². The van der Waals surface area contributed by atoms with E-state index in [0.717, 1.165) is 31.8 Å². The molecule has 24 heavy (non-hydrogen) atoms. The lowest BCUT2D eigenvalue weighted by Gasteiger charge is -2.38. The third-order valence-corrected chi connectivity index (χ3v) is 7.33. The summed E-state index contributed by atoms with van der Waals surface area (Å²) in [6.07, 6.45) is 11.0. The van der Waals surface area contributed by atoms with Gasteiger partial charge in [-0.2, -0.15) is 0 Å². The van der Waals surface area contributed by atoms with Gasteiger partial charge in [0.05, 0.1) is 5.25 Å². The molecule has 0 aromatic carbocycles. The molecule has 1 aromatic rings. The smallest absolute Gasteiger partial charge is 0.0501 e. The van der Waals surface area contributed by atoms with Crippen LogP contribution in [0.15, 0.2) is 24.5 Å². The Morgan fingerprint density at radius 2 is 1.88 bits per heavy atom. The largest absolute Gasteiger partial charge is 0.310 e. The van der Waals surface area contributed by atoms with Gasteiger partial charge in [-0.1, -0.05) is 19.8 Å². The molecule has 5 heteroatoms. The molecule has 2 heterocycles. The number of nitrogens with zero attached hydrogens (tertiary/aromatic N) is 2. The summed E-state index contributed by atoms with van der Waals surface area (Å²) >= 11 is 0. The first kappa shape index (κ1) is 18.0. The molecule has 1 aliphatic carbocycles. The van der Waals surface area contributed by atoms with Crippen LogP contribution in [0.5, 0.6) is 0 Å². The Bertz CT molecular complexity index is 517. The van der Waals surface area contributed by atoms with Gasteiger partial charge in [0.1, 0.15) is 0 Å². The highest BCUT2D eigenvalue weighted by atomic mass is 32.2. The maximum atomic E-state index is 12.3. The number of hydrogen-bond acceptors (Lipinski definition) is 4. The van der Waals surface area contributed by atoms with Crippen molar-refractivity contribution in [2.45, 2.75) is 69.3 Å². The second-order valence-corrected chi connectivity index (χ2v) is 9.12. The van der Waals surface area contributed by atoms with E-state index in [9.17, 15) is 4.21 Å². The molecule has 3 rings (SSSR count). The van der Waals surface area contributed by atoms with Gasteiger partial charge in [0.25, 0.3) is 0 Å². The molecular formula is C19H31N3OS. The van der Waals surface area contributed by atoms with Crippen molar-refractivity contribution < 1.29 is 4.21 Å². The summed E-state index contributed by atoms with van der Waals surface area (Å²) in [7, 11) is -0.660. The number of piperidine rings is 1. The van der Waals surface area contributed by atoms with Gasteiger partial charge in [-0.25, -0.2) is 0 Å². The van der Waals surface area contributed by atoms with Crippen molar-refractivity contribution in [1.82, 2.24) is 15.2 Å².